The Bertz CT molecular complexity index is 301. The van der Waals surface area contributed by atoms with Gasteiger partial charge in [0.1, 0.15) is 6.04 Å². The number of aliphatic hydroxyl groups is 1. The van der Waals surface area contributed by atoms with Crippen LogP contribution in [0.25, 0.3) is 0 Å². The summed E-state index contributed by atoms with van der Waals surface area (Å²) < 4.78 is 0. The largest absolute Gasteiger partial charge is 0.396 e. The molecule has 0 unspecified atom stereocenters. The molecule has 1 aromatic rings. The number of hydrogen-bond donors (Lipinski definition) is 3. The molecular weight excluding hydrogens is 192 g/mol. The summed E-state index contributed by atoms with van der Waals surface area (Å²) in [5, 5.41) is 11.2. The lowest BCUT2D eigenvalue weighted by Gasteiger charge is -2.11. The van der Waals surface area contributed by atoms with E-state index in [-0.39, 0.29) is 12.5 Å². The number of amides is 1. The topological polar surface area (TPSA) is 75.4 Å². The fraction of sp³-hybridized carbons (Fsp3) is 0.364. The van der Waals surface area contributed by atoms with Gasteiger partial charge in [-0.15, -0.1) is 0 Å². The highest BCUT2D eigenvalue weighted by Crippen LogP contribution is 2.08. The van der Waals surface area contributed by atoms with E-state index in [1.807, 2.05) is 30.3 Å². The normalized spacial score (nSPS) is 12.1. The fourth-order valence-corrected chi connectivity index (χ4v) is 1.21. The van der Waals surface area contributed by atoms with Crippen LogP contribution in [-0.4, -0.2) is 24.2 Å². The second-order valence-electron chi connectivity index (χ2n) is 3.26. The van der Waals surface area contributed by atoms with Gasteiger partial charge in [0.05, 0.1) is 0 Å². The zero-order valence-electron chi connectivity index (χ0n) is 8.52. The van der Waals surface area contributed by atoms with Crippen LogP contribution in [0, 0.1) is 0 Å². The molecular formula is C11H16N2O2. The number of benzene rings is 1. The SMILES string of the molecule is N[C@@H](C(=O)NCCCO)c1ccccc1. The van der Waals surface area contributed by atoms with E-state index in [0.717, 1.165) is 5.56 Å². The Balaban J connectivity index is 2.46. The van der Waals surface area contributed by atoms with Gasteiger partial charge in [-0.05, 0) is 12.0 Å². The van der Waals surface area contributed by atoms with Crippen molar-refractivity contribution in [1.82, 2.24) is 5.32 Å². The zero-order chi connectivity index (χ0) is 11.1. The molecule has 82 valence electrons. The van der Waals surface area contributed by atoms with Crippen molar-refractivity contribution >= 4 is 5.91 Å². The standard InChI is InChI=1S/C11H16N2O2/c12-10(9-5-2-1-3-6-9)11(15)13-7-4-8-14/h1-3,5-6,10,14H,4,7-8,12H2,(H,13,15)/t10-/m1/s1. The molecule has 0 aliphatic heterocycles. The summed E-state index contributed by atoms with van der Waals surface area (Å²) in [7, 11) is 0. The number of rotatable bonds is 5. The Morgan fingerprint density at radius 2 is 2.07 bits per heavy atom. The first-order valence-electron chi connectivity index (χ1n) is 4.95. The number of hydrogen-bond acceptors (Lipinski definition) is 3. The molecule has 4 heteroatoms. The molecule has 0 aliphatic carbocycles. The second-order valence-corrected chi connectivity index (χ2v) is 3.26. The van der Waals surface area contributed by atoms with Crippen molar-refractivity contribution in [3.8, 4) is 0 Å². The van der Waals surface area contributed by atoms with Crippen LogP contribution in [-0.2, 0) is 4.79 Å². The maximum atomic E-state index is 11.5. The lowest BCUT2D eigenvalue weighted by atomic mass is 10.1. The lowest BCUT2D eigenvalue weighted by molar-refractivity contribution is -0.122. The van der Waals surface area contributed by atoms with Crippen molar-refractivity contribution in [3.05, 3.63) is 35.9 Å². The molecule has 4 N–H and O–H groups in total. The molecule has 0 fully saturated rings. The first kappa shape index (κ1) is 11.7. The second kappa shape index (κ2) is 6.16. The summed E-state index contributed by atoms with van der Waals surface area (Å²) in [6, 6.07) is 8.56. The molecule has 0 aromatic heterocycles. The zero-order valence-corrected chi connectivity index (χ0v) is 8.52. The van der Waals surface area contributed by atoms with Gasteiger partial charge in [-0.2, -0.15) is 0 Å². The summed E-state index contributed by atoms with van der Waals surface area (Å²) in [6.07, 6.45) is 0.549. The first-order chi connectivity index (χ1) is 7.25. The maximum absolute atomic E-state index is 11.5. The van der Waals surface area contributed by atoms with E-state index in [1.165, 1.54) is 0 Å². The Morgan fingerprint density at radius 1 is 1.40 bits per heavy atom. The van der Waals surface area contributed by atoms with Crippen LogP contribution in [0.5, 0.6) is 0 Å². The average molecular weight is 208 g/mol. The van der Waals surface area contributed by atoms with Gasteiger partial charge in [-0.25, -0.2) is 0 Å². The lowest BCUT2D eigenvalue weighted by Crippen LogP contribution is -2.34. The smallest absolute Gasteiger partial charge is 0.241 e. The number of nitrogens with two attached hydrogens (primary N) is 1. The van der Waals surface area contributed by atoms with Gasteiger partial charge in [0.25, 0.3) is 0 Å². The molecule has 0 saturated heterocycles. The quantitative estimate of drug-likeness (QED) is 0.604. The first-order valence-corrected chi connectivity index (χ1v) is 4.95. The van der Waals surface area contributed by atoms with Crippen LogP contribution in [0.1, 0.15) is 18.0 Å². The highest BCUT2D eigenvalue weighted by molar-refractivity contribution is 5.82. The Morgan fingerprint density at radius 3 is 2.67 bits per heavy atom. The average Bonchev–Trinajstić information content (AvgIpc) is 2.29. The van der Waals surface area contributed by atoms with Gasteiger partial charge < -0.3 is 16.2 Å². The van der Waals surface area contributed by atoms with E-state index in [1.54, 1.807) is 0 Å². The minimum atomic E-state index is -0.634. The summed E-state index contributed by atoms with van der Waals surface area (Å²) in [5.41, 5.74) is 6.54. The van der Waals surface area contributed by atoms with Crippen molar-refractivity contribution in [1.29, 1.82) is 0 Å². The number of carbonyl (C=O) groups is 1. The van der Waals surface area contributed by atoms with E-state index >= 15 is 0 Å². The molecule has 0 heterocycles. The summed E-state index contributed by atoms with van der Waals surface area (Å²) in [6.45, 7) is 0.525. The Labute approximate surface area is 89.1 Å². The highest BCUT2D eigenvalue weighted by Gasteiger charge is 2.13. The van der Waals surface area contributed by atoms with Crippen LogP contribution in [0.2, 0.25) is 0 Å². The monoisotopic (exact) mass is 208 g/mol. The molecule has 0 bridgehead atoms. The van der Waals surface area contributed by atoms with Gasteiger partial charge in [0.2, 0.25) is 5.91 Å². The maximum Gasteiger partial charge on any atom is 0.241 e. The third-order valence-corrected chi connectivity index (χ3v) is 2.08. The summed E-state index contributed by atoms with van der Waals surface area (Å²) in [5.74, 6) is -0.213. The number of nitrogens with one attached hydrogen (secondary N) is 1. The number of carbonyl (C=O) groups excluding carboxylic acids is 1. The predicted octanol–water partition coefficient (Wildman–Crippen LogP) is 0.185. The van der Waals surface area contributed by atoms with E-state index in [0.29, 0.717) is 13.0 Å². The van der Waals surface area contributed by atoms with Crippen molar-refractivity contribution in [2.45, 2.75) is 12.5 Å². The van der Waals surface area contributed by atoms with E-state index in [2.05, 4.69) is 5.32 Å². The Hall–Kier alpha value is -1.39. The third kappa shape index (κ3) is 3.69. The van der Waals surface area contributed by atoms with Crippen LogP contribution in [0.15, 0.2) is 30.3 Å². The van der Waals surface area contributed by atoms with Crippen LogP contribution in [0.4, 0.5) is 0 Å². The minimum absolute atomic E-state index is 0.0703. The van der Waals surface area contributed by atoms with Gasteiger partial charge in [-0.3, -0.25) is 4.79 Å². The molecule has 1 rings (SSSR count). The summed E-state index contributed by atoms with van der Waals surface area (Å²) in [4.78, 5) is 11.5. The Kier molecular flexibility index (Phi) is 4.80. The van der Waals surface area contributed by atoms with Crippen LogP contribution in [0.3, 0.4) is 0 Å². The van der Waals surface area contributed by atoms with E-state index in [4.69, 9.17) is 10.8 Å². The van der Waals surface area contributed by atoms with Crippen molar-refractivity contribution in [2.24, 2.45) is 5.73 Å². The van der Waals surface area contributed by atoms with Crippen LogP contribution < -0.4 is 11.1 Å². The van der Waals surface area contributed by atoms with Crippen molar-refractivity contribution in [3.63, 3.8) is 0 Å². The molecule has 0 saturated carbocycles. The molecule has 0 radical (unpaired) electrons. The number of aliphatic hydroxyl groups excluding tert-OH is 1. The molecule has 4 nitrogen and oxygen atoms in total. The molecule has 1 aromatic carbocycles. The van der Waals surface area contributed by atoms with Gasteiger partial charge in [0.15, 0.2) is 0 Å². The summed E-state index contributed by atoms with van der Waals surface area (Å²) >= 11 is 0. The molecule has 0 spiro atoms. The predicted molar refractivity (Wildman–Crippen MR) is 58.1 cm³/mol. The highest BCUT2D eigenvalue weighted by atomic mass is 16.3. The molecule has 1 atom stereocenters. The van der Waals surface area contributed by atoms with E-state index < -0.39 is 6.04 Å². The van der Waals surface area contributed by atoms with E-state index in [9.17, 15) is 4.79 Å². The minimum Gasteiger partial charge on any atom is -0.396 e. The van der Waals surface area contributed by atoms with Gasteiger partial charge in [-0.1, -0.05) is 30.3 Å². The molecule has 15 heavy (non-hydrogen) atoms. The fourth-order valence-electron chi connectivity index (χ4n) is 1.21. The third-order valence-electron chi connectivity index (χ3n) is 2.08. The van der Waals surface area contributed by atoms with Gasteiger partial charge in [0, 0.05) is 13.2 Å². The van der Waals surface area contributed by atoms with Crippen molar-refractivity contribution < 1.29 is 9.90 Å². The molecule has 1 amide bonds. The van der Waals surface area contributed by atoms with Crippen LogP contribution >= 0.6 is 0 Å². The van der Waals surface area contributed by atoms with Crippen molar-refractivity contribution in [2.75, 3.05) is 13.2 Å². The molecule has 0 aliphatic rings. The van der Waals surface area contributed by atoms with Gasteiger partial charge >= 0.3 is 0 Å².